The summed E-state index contributed by atoms with van der Waals surface area (Å²) in [6.45, 7) is 3.96. The Morgan fingerprint density at radius 3 is 2.63 bits per heavy atom. The summed E-state index contributed by atoms with van der Waals surface area (Å²) in [5.74, 6) is 0.488. The van der Waals surface area contributed by atoms with E-state index in [2.05, 4.69) is 10.3 Å². The van der Waals surface area contributed by atoms with E-state index in [1.54, 1.807) is 18.2 Å². The molecule has 3 nitrogen and oxygen atoms in total. The smallest absolute Gasteiger partial charge is 0.227 e. The normalized spacial score (nSPS) is 20.1. The Balaban J connectivity index is 1.42. The number of nitrogens with one attached hydrogen (secondary N) is 1. The fourth-order valence-corrected chi connectivity index (χ4v) is 4.88. The van der Waals surface area contributed by atoms with Gasteiger partial charge >= 0.3 is 0 Å². The van der Waals surface area contributed by atoms with Gasteiger partial charge in [-0.1, -0.05) is 18.5 Å². The number of fused-ring (bicyclic) bond motifs is 1. The predicted molar refractivity (Wildman–Crippen MR) is 120 cm³/mol. The lowest BCUT2D eigenvalue weighted by atomic mass is 9.73. The molecule has 1 heterocycles. The van der Waals surface area contributed by atoms with Crippen LogP contribution in [0.1, 0.15) is 49.7 Å². The largest absolute Gasteiger partial charge is 0.326 e. The van der Waals surface area contributed by atoms with Crippen LogP contribution in [0.4, 0.5) is 10.1 Å². The zero-order valence-electron chi connectivity index (χ0n) is 17.3. The maximum Gasteiger partial charge on any atom is 0.227 e. The fraction of sp³-hybridized carbons (Fsp3) is 0.360. The van der Waals surface area contributed by atoms with Gasteiger partial charge in [0.15, 0.2) is 0 Å². The first-order valence-corrected chi connectivity index (χ1v) is 10.9. The van der Waals surface area contributed by atoms with Crippen LogP contribution in [0.15, 0.2) is 48.7 Å². The molecule has 0 saturated heterocycles. The monoisotopic (exact) mass is 424 g/mol. The molecular formula is C25H26ClFN2O. The van der Waals surface area contributed by atoms with E-state index in [9.17, 15) is 9.18 Å². The van der Waals surface area contributed by atoms with Gasteiger partial charge in [0.2, 0.25) is 5.91 Å². The number of benzene rings is 2. The highest BCUT2D eigenvalue weighted by Gasteiger charge is 2.30. The third-order valence-corrected chi connectivity index (χ3v) is 6.75. The third-order valence-electron chi connectivity index (χ3n) is 6.52. The molecule has 0 unspecified atom stereocenters. The van der Waals surface area contributed by atoms with Crippen LogP contribution in [0.25, 0.3) is 10.9 Å². The van der Waals surface area contributed by atoms with Crippen LogP contribution in [-0.4, -0.2) is 10.9 Å². The first-order valence-electron chi connectivity index (χ1n) is 10.5. The van der Waals surface area contributed by atoms with Gasteiger partial charge in [0.05, 0.1) is 5.52 Å². The summed E-state index contributed by atoms with van der Waals surface area (Å²) in [6, 6.07) is 12.3. The Hall–Kier alpha value is -2.46. The minimum absolute atomic E-state index is 0.0558. The van der Waals surface area contributed by atoms with Crippen LogP contribution in [0.5, 0.6) is 0 Å². The van der Waals surface area contributed by atoms with Crippen molar-refractivity contribution in [3.63, 3.8) is 0 Å². The molecular weight excluding hydrogens is 399 g/mol. The molecule has 3 aromatic rings. The van der Waals surface area contributed by atoms with Crippen molar-refractivity contribution in [1.82, 2.24) is 4.98 Å². The van der Waals surface area contributed by atoms with Crippen molar-refractivity contribution in [3.05, 3.63) is 70.6 Å². The molecule has 30 heavy (non-hydrogen) atoms. The zero-order chi connectivity index (χ0) is 21.3. The van der Waals surface area contributed by atoms with Gasteiger partial charge in [-0.2, -0.15) is 0 Å². The molecule has 1 aliphatic carbocycles. The molecule has 156 valence electrons. The molecule has 1 aliphatic rings. The molecule has 0 aliphatic heterocycles. The standard InChI is InChI=1S/C25H26ClFN2O/c1-15-13-19(26)7-9-23(15)29-25(30)16(2)17-3-5-18(6-4-17)21-11-12-28-24-10-8-20(27)14-22(21)24/h7-14,16-18H,3-6H2,1-2H3,(H,29,30)/t16-,17-,18+/m1/s1. The van der Waals surface area contributed by atoms with E-state index in [4.69, 9.17) is 11.6 Å². The van der Waals surface area contributed by atoms with Crippen molar-refractivity contribution < 1.29 is 9.18 Å². The molecule has 0 bridgehead atoms. The van der Waals surface area contributed by atoms with Crippen LogP contribution in [0.2, 0.25) is 5.02 Å². The number of nitrogens with zero attached hydrogens (tertiary/aromatic N) is 1. The number of amides is 1. The lowest BCUT2D eigenvalue weighted by Crippen LogP contribution is -2.29. The second kappa shape index (κ2) is 8.73. The van der Waals surface area contributed by atoms with Gasteiger partial charge in [0, 0.05) is 28.2 Å². The molecule has 0 spiro atoms. The number of hydrogen-bond acceptors (Lipinski definition) is 2. The summed E-state index contributed by atoms with van der Waals surface area (Å²) in [5.41, 5.74) is 3.78. The Labute approximate surface area is 181 Å². The van der Waals surface area contributed by atoms with Gasteiger partial charge in [-0.05, 0) is 98.0 Å². The Kier molecular flexibility index (Phi) is 6.05. The number of anilines is 1. The molecule has 0 radical (unpaired) electrons. The van der Waals surface area contributed by atoms with Crippen molar-refractivity contribution in [2.45, 2.75) is 45.4 Å². The number of rotatable bonds is 4. The highest BCUT2D eigenvalue weighted by atomic mass is 35.5. The third kappa shape index (κ3) is 4.34. The Morgan fingerprint density at radius 2 is 1.90 bits per heavy atom. The van der Waals surface area contributed by atoms with Crippen molar-refractivity contribution in [1.29, 1.82) is 0 Å². The van der Waals surface area contributed by atoms with E-state index in [-0.39, 0.29) is 17.6 Å². The minimum atomic E-state index is -0.228. The number of aromatic nitrogens is 1. The molecule has 2 aromatic carbocycles. The van der Waals surface area contributed by atoms with Crippen molar-refractivity contribution in [3.8, 4) is 0 Å². The molecule has 1 fully saturated rings. The highest BCUT2D eigenvalue weighted by Crippen LogP contribution is 2.41. The summed E-state index contributed by atoms with van der Waals surface area (Å²) in [4.78, 5) is 17.2. The van der Waals surface area contributed by atoms with Crippen LogP contribution < -0.4 is 5.32 Å². The van der Waals surface area contributed by atoms with E-state index in [1.807, 2.05) is 38.2 Å². The highest BCUT2D eigenvalue weighted by molar-refractivity contribution is 6.30. The van der Waals surface area contributed by atoms with Crippen LogP contribution in [0.3, 0.4) is 0 Å². The number of carbonyl (C=O) groups is 1. The fourth-order valence-electron chi connectivity index (χ4n) is 4.65. The lowest BCUT2D eigenvalue weighted by molar-refractivity contribution is -0.121. The molecule has 1 N–H and O–H groups in total. The van der Waals surface area contributed by atoms with Crippen molar-refractivity contribution >= 4 is 34.1 Å². The average Bonchev–Trinajstić information content (AvgIpc) is 2.75. The van der Waals surface area contributed by atoms with E-state index in [1.165, 1.54) is 11.6 Å². The van der Waals surface area contributed by atoms with E-state index < -0.39 is 0 Å². The first-order chi connectivity index (χ1) is 14.4. The summed E-state index contributed by atoms with van der Waals surface area (Å²) in [7, 11) is 0. The molecule has 4 rings (SSSR count). The summed E-state index contributed by atoms with van der Waals surface area (Å²) >= 11 is 6.01. The maximum atomic E-state index is 13.8. The second-order valence-electron chi connectivity index (χ2n) is 8.41. The van der Waals surface area contributed by atoms with E-state index >= 15 is 0 Å². The van der Waals surface area contributed by atoms with Crippen LogP contribution in [-0.2, 0) is 4.79 Å². The predicted octanol–water partition coefficient (Wildman–Crippen LogP) is 6.88. The second-order valence-corrected chi connectivity index (χ2v) is 8.85. The number of carbonyl (C=O) groups excluding carboxylic acids is 1. The summed E-state index contributed by atoms with van der Waals surface area (Å²) in [6.07, 6.45) is 5.78. The zero-order valence-corrected chi connectivity index (χ0v) is 18.0. The van der Waals surface area contributed by atoms with Crippen LogP contribution >= 0.6 is 11.6 Å². The Bertz CT molecular complexity index is 1080. The van der Waals surface area contributed by atoms with Crippen LogP contribution in [0, 0.1) is 24.6 Å². The minimum Gasteiger partial charge on any atom is -0.326 e. The maximum absolute atomic E-state index is 13.8. The molecule has 1 atom stereocenters. The summed E-state index contributed by atoms with van der Waals surface area (Å²) in [5, 5.41) is 4.63. The van der Waals surface area contributed by atoms with Gasteiger partial charge in [0.25, 0.3) is 0 Å². The Morgan fingerprint density at radius 1 is 1.13 bits per heavy atom. The molecule has 1 aromatic heterocycles. The molecule has 5 heteroatoms. The quantitative estimate of drug-likeness (QED) is 0.495. The summed E-state index contributed by atoms with van der Waals surface area (Å²) < 4.78 is 13.8. The van der Waals surface area contributed by atoms with Crippen molar-refractivity contribution in [2.24, 2.45) is 11.8 Å². The van der Waals surface area contributed by atoms with Crippen molar-refractivity contribution in [2.75, 3.05) is 5.32 Å². The first kappa shape index (κ1) is 20.8. The lowest BCUT2D eigenvalue weighted by Gasteiger charge is -2.32. The number of aryl methyl sites for hydroxylation is 1. The topological polar surface area (TPSA) is 42.0 Å². The van der Waals surface area contributed by atoms with Gasteiger partial charge in [0.1, 0.15) is 5.82 Å². The molecule has 1 saturated carbocycles. The van der Waals surface area contributed by atoms with Gasteiger partial charge < -0.3 is 5.32 Å². The van der Waals surface area contributed by atoms with E-state index in [0.29, 0.717) is 16.9 Å². The SMILES string of the molecule is Cc1cc(Cl)ccc1NC(=O)[C@H](C)[C@H]1CC[C@@H](c2ccnc3ccc(F)cc32)CC1. The molecule has 1 amide bonds. The van der Waals surface area contributed by atoms with E-state index in [0.717, 1.165) is 47.8 Å². The number of pyridine rings is 1. The number of halogens is 2. The average molecular weight is 425 g/mol. The van der Waals surface area contributed by atoms with Gasteiger partial charge in [-0.3, -0.25) is 9.78 Å². The van der Waals surface area contributed by atoms with Gasteiger partial charge in [-0.25, -0.2) is 4.39 Å². The number of hydrogen-bond donors (Lipinski definition) is 1. The van der Waals surface area contributed by atoms with Gasteiger partial charge in [-0.15, -0.1) is 0 Å².